The highest BCUT2D eigenvalue weighted by molar-refractivity contribution is 6.07. The Labute approximate surface area is 170 Å². The zero-order chi connectivity index (χ0) is 20.4. The third kappa shape index (κ3) is 6.15. The average Bonchev–Trinajstić information content (AvgIpc) is 2.75. The van der Waals surface area contributed by atoms with E-state index < -0.39 is 0 Å². The number of carbonyl (C=O) groups excluding carboxylic acids is 1. The van der Waals surface area contributed by atoms with Gasteiger partial charge < -0.3 is 0 Å². The van der Waals surface area contributed by atoms with Crippen LogP contribution in [0.5, 0.6) is 0 Å². The van der Waals surface area contributed by atoms with Crippen molar-refractivity contribution in [1.82, 2.24) is 9.80 Å². The van der Waals surface area contributed by atoms with Crippen LogP contribution in [0.3, 0.4) is 0 Å². The van der Waals surface area contributed by atoms with Crippen LogP contribution in [0.2, 0.25) is 0 Å². The topological polar surface area (TPSA) is 23.6 Å². The van der Waals surface area contributed by atoms with Gasteiger partial charge in [-0.1, -0.05) is 82.3 Å². The van der Waals surface area contributed by atoms with Crippen LogP contribution in [0.25, 0.3) is 6.08 Å². The molecule has 0 N–H and O–H groups in total. The maximum absolute atomic E-state index is 12.9. The van der Waals surface area contributed by atoms with Crippen molar-refractivity contribution in [1.29, 1.82) is 0 Å². The highest BCUT2D eigenvalue weighted by Crippen LogP contribution is 2.17. The van der Waals surface area contributed by atoms with E-state index in [0.29, 0.717) is 0 Å². The number of carbonyl (C=O) groups is 1. The molecule has 0 amide bonds. The molecule has 0 aliphatic rings. The van der Waals surface area contributed by atoms with Crippen molar-refractivity contribution >= 4 is 11.9 Å². The van der Waals surface area contributed by atoms with E-state index >= 15 is 0 Å². The molecule has 28 heavy (non-hydrogen) atoms. The van der Waals surface area contributed by atoms with Crippen LogP contribution in [0.1, 0.15) is 54.7 Å². The SMILES string of the molecule is CCN(CC)Cc1ccccc1/C=C/C(=O)c1ccccc1CN(CC)CC. The van der Waals surface area contributed by atoms with Crippen molar-refractivity contribution in [2.75, 3.05) is 26.2 Å². The smallest absolute Gasteiger partial charge is 0.186 e. The number of nitrogens with zero attached hydrogens (tertiary/aromatic N) is 2. The maximum Gasteiger partial charge on any atom is 0.186 e. The second kappa shape index (κ2) is 11.6. The van der Waals surface area contributed by atoms with Crippen LogP contribution in [-0.2, 0) is 13.1 Å². The van der Waals surface area contributed by atoms with E-state index in [4.69, 9.17) is 0 Å². The Morgan fingerprint density at radius 3 is 1.86 bits per heavy atom. The third-order valence-corrected chi connectivity index (χ3v) is 5.33. The van der Waals surface area contributed by atoms with Crippen LogP contribution in [-0.4, -0.2) is 41.8 Å². The molecule has 0 atom stereocenters. The Hall–Kier alpha value is -2.23. The summed E-state index contributed by atoms with van der Waals surface area (Å²) in [6, 6.07) is 16.3. The molecule has 0 aliphatic heterocycles. The Balaban J connectivity index is 2.21. The van der Waals surface area contributed by atoms with E-state index in [0.717, 1.165) is 56.0 Å². The molecule has 2 aromatic rings. The van der Waals surface area contributed by atoms with Gasteiger partial charge in [-0.05, 0) is 48.9 Å². The van der Waals surface area contributed by atoms with E-state index in [9.17, 15) is 4.79 Å². The molecule has 2 aromatic carbocycles. The van der Waals surface area contributed by atoms with Gasteiger partial charge in [0, 0.05) is 18.7 Å². The molecule has 0 bridgehead atoms. The molecule has 0 aromatic heterocycles. The molecule has 0 saturated heterocycles. The van der Waals surface area contributed by atoms with Gasteiger partial charge in [-0.2, -0.15) is 0 Å². The fourth-order valence-corrected chi connectivity index (χ4v) is 3.37. The van der Waals surface area contributed by atoms with E-state index in [1.54, 1.807) is 6.08 Å². The normalized spacial score (nSPS) is 11.6. The van der Waals surface area contributed by atoms with Gasteiger partial charge in [-0.25, -0.2) is 0 Å². The van der Waals surface area contributed by atoms with Crippen molar-refractivity contribution in [2.24, 2.45) is 0 Å². The van der Waals surface area contributed by atoms with Crippen molar-refractivity contribution in [3.05, 3.63) is 76.9 Å². The lowest BCUT2D eigenvalue weighted by molar-refractivity contribution is 0.104. The Kier molecular flexibility index (Phi) is 9.12. The molecule has 0 fully saturated rings. The Morgan fingerprint density at radius 2 is 1.25 bits per heavy atom. The highest BCUT2D eigenvalue weighted by Gasteiger charge is 2.11. The molecule has 0 spiro atoms. The number of allylic oxidation sites excluding steroid dienone is 1. The third-order valence-electron chi connectivity index (χ3n) is 5.33. The zero-order valence-electron chi connectivity index (χ0n) is 17.8. The van der Waals surface area contributed by atoms with Gasteiger partial charge in [0.15, 0.2) is 5.78 Å². The van der Waals surface area contributed by atoms with Crippen molar-refractivity contribution in [3.63, 3.8) is 0 Å². The molecule has 3 heteroatoms. The summed E-state index contributed by atoms with van der Waals surface area (Å²) >= 11 is 0. The van der Waals surface area contributed by atoms with E-state index in [-0.39, 0.29) is 5.78 Å². The monoisotopic (exact) mass is 378 g/mol. The molecule has 0 heterocycles. The second-order valence-corrected chi connectivity index (χ2v) is 6.98. The molecule has 0 unspecified atom stereocenters. The lowest BCUT2D eigenvalue weighted by Gasteiger charge is -2.19. The Bertz CT molecular complexity index is 774. The predicted octanol–water partition coefficient (Wildman–Crippen LogP) is 5.27. The summed E-state index contributed by atoms with van der Waals surface area (Å²) < 4.78 is 0. The first-order valence-corrected chi connectivity index (χ1v) is 10.5. The van der Waals surface area contributed by atoms with Crippen LogP contribution >= 0.6 is 0 Å². The molecule has 3 nitrogen and oxygen atoms in total. The summed E-state index contributed by atoms with van der Waals surface area (Å²) in [5.41, 5.74) is 4.26. The number of hydrogen-bond acceptors (Lipinski definition) is 3. The van der Waals surface area contributed by atoms with Crippen LogP contribution in [0, 0.1) is 0 Å². The first-order chi connectivity index (χ1) is 13.6. The summed E-state index contributed by atoms with van der Waals surface area (Å²) in [6.45, 7) is 14.4. The minimum atomic E-state index is 0.0698. The van der Waals surface area contributed by atoms with E-state index in [1.165, 1.54) is 5.56 Å². The average molecular weight is 379 g/mol. The highest BCUT2D eigenvalue weighted by atomic mass is 16.1. The predicted molar refractivity (Wildman–Crippen MR) is 119 cm³/mol. The van der Waals surface area contributed by atoms with E-state index in [1.807, 2.05) is 30.3 Å². The fraction of sp³-hybridized carbons (Fsp3) is 0.400. The quantitative estimate of drug-likeness (QED) is 0.393. The van der Waals surface area contributed by atoms with Gasteiger partial charge in [0.1, 0.15) is 0 Å². The first kappa shape index (κ1) is 22.1. The molecule has 0 saturated carbocycles. The lowest BCUT2D eigenvalue weighted by Crippen LogP contribution is -2.23. The van der Waals surface area contributed by atoms with Crippen molar-refractivity contribution in [2.45, 2.75) is 40.8 Å². The molecule has 2 rings (SSSR count). The van der Waals surface area contributed by atoms with Crippen molar-refractivity contribution < 1.29 is 4.79 Å². The Morgan fingerprint density at radius 1 is 0.750 bits per heavy atom. The minimum Gasteiger partial charge on any atom is -0.300 e. The fourth-order valence-electron chi connectivity index (χ4n) is 3.37. The van der Waals surface area contributed by atoms with Crippen LogP contribution in [0.15, 0.2) is 54.6 Å². The molecule has 0 aliphatic carbocycles. The lowest BCUT2D eigenvalue weighted by atomic mass is 10.0. The largest absolute Gasteiger partial charge is 0.300 e. The molecular formula is C25H34N2O. The number of hydrogen-bond donors (Lipinski definition) is 0. The minimum absolute atomic E-state index is 0.0698. The van der Waals surface area contributed by atoms with Crippen LogP contribution in [0.4, 0.5) is 0 Å². The summed E-state index contributed by atoms with van der Waals surface area (Å²) in [6.07, 6.45) is 3.69. The van der Waals surface area contributed by atoms with Crippen LogP contribution < -0.4 is 0 Å². The summed E-state index contributed by atoms with van der Waals surface area (Å²) in [5, 5.41) is 0. The molecule has 150 valence electrons. The van der Waals surface area contributed by atoms with Gasteiger partial charge in [0.2, 0.25) is 0 Å². The number of benzene rings is 2. The summed E-state index contributed by atoms with van der Waals surface area (Å²) in [7, 11) is 0. The standard InChI is InChI=1S/C25H34N2O/c1-5-26(6-2)19-22-14-10-9-13-21(22)17-18-25(28)24-16-12-11-15-23(24)20-27(7-3)8-4/h9-18H,5-8,19-20H2,1-4H3/b18-17+. The molecule has 0 radical (unpaired) electrons. The van der Waals surface area contributed by atoms with Gasteiger partial charge >= 0.3 is 0 Å². The van der Waals surface area contributed by atoms with Gasteiger partial charge in [0.25, 0.3) is 0 Å². The molecular weight excluding hydrogens is 344 g/mol. The van der Waals surface area contributed by atoms with Gasteiger partial charge in [-0.3, -0.25) is 14.6 Å². The summed E-state index contributed by atoms with van der Waals surface area (Å²) in [5.74, 6) is 0.0698. The second-order valence-electron chi connectivity index (χ2n) is 6.98. The van der Waals surface area contributed by atoms with Gasteiger partial charge in [0.05, 0.1) is 0 Å². The maximum atomic E-state index is 12.9. The number of ketones is 1. The van der Waals surface area contributed by atoms with Gasteiger partial charge in [-0.15, -0.1) is 0 Å². The summed E-state index contributed by atoms with van der Waals surface area (Å²) in [4.78, 5) is 17.6. The zero-order valence-corrected chi connectivity index (χ0v) is 17.8. The first-order valence-electron chi connectivity index (χ1n) is 10.5. The van der Waals surface area contributed by atoms with Crippen molar-refractivity contribution in [3.8, 4) is 0 Å². The number of rotatable bonds is 11. The van der Waals surface area contributed by atoms with E-state index in [2.05, 4.69) is 61.8 Å².